The molecule has 2 aliphatic heterocycles. The van der Waals surface area contributed by atoms with Crippen LogP contribution in [0.1, 0.15) is 46.6 Å². The Morgan fingerprint density at radius 2 is 1.90 bits per heavy atom. The number of amides is 1. The van der Waals surface area contributed by atoms with E-state index in [0.29, 0.717) is 18.4 Å². The summed E-state index contributed by atoms with van der Waals surface area (Å²) in [5, 5.41) is 4.32. The fourth-order valence-electron chi connectivity index (χ4n) is 7.97. The minimum absolute atomic E-state index is 0.0281. The predicted octanol–water partition coefficient (Wildman–Crippen LogP) is 4.40. The highest BCUT2D eigenvalue weighted by Gasteiger charge is 2.78. The van der Waals surface area contributed by atoms with Gasteiger partial charge < -0.3 is 19.8 Å². The third-order valence-electron chi connectivity index (χ3n) is 10.1. The van der Waals surface area contributed by atoms with E-state index in [2.05, 4.69) is 30.2 Å². The van der Waals surface area contributed by atoms with E-state index >= 15 is 0 Å². The SMILES string of the molecule is CC(=O)O[C@H]1C(=O)C=CC(=O)[C@@]23C(=O)N[C@@H](Cc4c[nH]c5ccccc45)[C@@H]2[C@H](C)[C@@]2(C)O[C@H]2[C@@H]3C=CC[C@H](C)C=C1C. The molecule has 1 saturated carbocycles. The molecule has 2 aromatic rings. The largest absolute Gasteiger partial charge is 0.450 e. The van der Waals surface area contributed by atoms with Crippen LogP contribution >= 0.6 is 0 Å². The molecule has 3 fully saturated rings. The Kier molecular flexibility index (Phi) is 6.88. The van der Waals surface area contributed by atoms with Gasteiger partial charge in [0.2, 0.25) is 11.7 Å². The molecule has 9 atom stereocenters. The smallest absolute Gasteiger partial charge is 0.303 e. The van der Waals surface area contributed by atoms with Crippen LogP contribution in [0.25, 0.3) is 10.9 Å². The van der Waals surface area contributed by atoms with Gasteiger partial charge in [-0.2, -0.15) is 0 Å². The van der Waals surface area contributed by atoms with Gasteiger partial charge in [0, 0.05) is 41.9 Å². The monoisotopic (exact) mass is 570 g/mol. The van der Waals surface area contributed by atoms with Gasteiger partial charge in [-0.1, -0.05) is 50.3 Å². The third-order valence-corrected chi connectivity index (χ3v) is 10.1. The first-order valence-electron chi connectivity index (χ1n) is 14.8. The first-order chi connectivity index (χ1) is 20.0. The van der Waals surface area contributed by atoms with Gasteiger partial charge in [-0.25, -0.2) is 0 Å². The first-order valence-corrected chi connectivity index (χ1v) is 14.8. The van der Waals surface area contributed by atoms with E-state index in [-0.39, 0.29) is 35.8 Å². The van der Waals surface area contributed by atoms with Crippen molar-refractivity contribution in [2.24, 2.45) is 29.1 Å². The molecule has 0 bridgehead atoms. The fourth-order valence-corrected chi connectivity index (χ4v) is 7.97. The van der Waals surface area contributed by atoms with Crippen LogP contribution in [0.3, 0.4) is 0 Å². The number of aromatic amines is 1. The standard InChI is InChI=1S/C34H38N2O6/c1-18-9-8-11-24-31-33(5,42-31)20(3)29-26(16-22-17-35-25-12-7-6-10-23(22)25)36-32(40)34(24,29)28(39)14-13-27(38)30(19(2)15-18)41-21(4)37/h6-8,10-15,17-18,20,24,26,29-31,35H,9,16H2,1-5H3,(H,36,40)/t18-,20-,24-,26-,29-,30+,31-,33+,34+/m0/s1. The summed E-state index contributed by atoms with van der Waals surface area (Å²) in [6.07, 6.45) is 10.1. The number of esters is 1. The minimum atomic E-state index is -1.44. The summed E-state index contributed by atoms with van der Waals surface area (Å²) in [7, 11) is 0. The molecular formula is C34H38N2O6. The number of nitrogens with one attached hydrogen (secondary N) is 2. The normalized spacial score (nSPS) is 37.9. The lowest BCUT2D eigenvalue weighted by molar-refractivity contribution is -0.149. The van der Waals surface area contributed by atoms with E-state index in [1.54, 1.807) is 6.92 Å². The molecule has 220 valence electrons. The first kappa shape index (κ1) is 28.3. The van der Waals surface area contributed by atoms with Gasteiger partial charge in [0.05, 0.1) is 11.7 Å². The zero-order valence-corrected chi connectivity index (χ0v) is 24.7. The maximum Gasteiger partial charge on any atom is 0.303 e. The number of aromatic nitrogens is 1. The second kappa shape index (κ2) is 10.2. The number of allylic oxidation sites excluding steroid dienone is 3. The number of ketones is 2. The van der Waals surface area contributed by atoms with Crippen LogP contribution in [0.5, 0.6) is 0 Å². The molecule has 0 radical (unpaired) electrons. The Labute approximate surface area is 245 Å². The quantitative estimate of drug-likeness (QED) is 0.244. The molecule has 1 spiro atoms. The number of epoxide rings is 1. The van der Waals surface area contributed by atoms with Crippen molar-refractivity contribution >= 4 is 34.3 Å². The van der Waals surface area contributed by atoms with Gasteiger partial charge in [0.15, 0.2) is 11.9 Å². The van der Waals surface area contributed by atoms with Crippen molar-refractivity contribution in [1.82, 2.24) is 10.3 Å². The van der Waals surface area contributed by atoms with Crippen molar-refractivity contribution in [3.63, 3.8) is 0 Å². The lowest BCUT2D eigenvalue weighted by Crippen LogP contribution is -2.58. The maximum atomic E-state index is 14.4. The van der Waals surface area contributed by atoms with Crippen molar-refractivity contribution in [3.8, 4) is 0 Å². The molecular weight excluding hydrogens is 532 g/mol. The number of para-hydroxylation sites is 1. The highest BCUT2D eigenvalue weighted by atomic mass is 16.6. The van der Waals surface area contributed by atoms with Crippen molar-refractivity contribution in [2.75, 3.05) is 0 Å². The van der Waals surface area contributed by atoms with Crippen molar-refractivity contribution in [2.45, 2.75) is 71.3 Å². The average molecular weight is 571 g/mol. The van der Waals surface area contributed by atoms with Crippen LogP contribution in [0.4, 0.5) is 0 Å². The highest BCUT2D eigenvalue weighted by Crippen LogP contribution is 2.66. The summed E-state index contributed by atoms with van der Waals surface area (Å²) in [5.74, 6) is -2.80. The number of carbonyl (C=O) groups excluding carboxylic acids is 4. The Morgan fingerprint density at radius 3 is 2.67 bits per heavy atom. The summed E-state index contributed by atoms with van der Waals surface area (Å²) in [6, 6.07) is 7.72. The number of ether oxygens (including phenoxy) is 2. The summed E-state index contributed by atoms with van der Waals surface area (Å²) in [6.45, 7) is 9.17. The molecule has 4 aliphatic rings. The Bertz CT molecular complexity index is 1570. The van der Waals surface area contributed by atoms with E-state index in [1.165, 1.54) is 19.1 Å². The van der Waals surface area contributed by atoms with E-state index in [0.717, 1.165) is 16.5 Å². The zero-order chi connectivity index (χ0) is 30.0. The lowest BCUT2D eigenvalue weighted by atomic mass is 9.51. The number of hydrogen-bond acceptors (Lipinski definition) is 6. The second-order valence-corrected chi connectivity index (χ2v) is 12.7. The summed E-state index contributed by atoms with van der Waals surface area (Å²) < 4.78 is 11.7. The third kappa shape index (κ3) is 4.30. The molecule has 42 heavy (non-hydrogen) atoms. The minimum Gasteiger partial charge on any atom is -0.450 e. The van der Waals surface area contributed by atoms with Crippen molar-refractivity contribution < 1.29 is 28.7 Å². The maximum absolute atomic E-state index is 14.4. The molecule has 2 N–H and O–H groups in total. The molecule has 8 nitrogen and oxygen atoms in total. The van der Waals surface area contributed by atoms with Crippen LogP contribution < -0.4 is 5.32 Å². The number of H-pyrrole nitrogens is 1. The van der Waals surface area contributed by atoms with Crippen LogP contribution in [-0.2, 0) is 35.1 Å². The van der Waals surface area contributed by atoms with E-state index in [1.807, 2.05) is 49.5 Å². The van der Waals surface area contributed by atoms with Gasteiger partial charge in [-0.05, 0) is 67.9 Å². The molecule has 0 unspecified atom stereocenters. The summed E-state index contributed by atoms with van der Waals surface area (Å²) >= 11 is 0. The van der Waals surface area contributed by atoms with Gasteiger partial charge in [0.1, 0.15) is 5.41 Å². The topological polar surface area (TPSA) is 118 Å². The molecule has 2 saturated heterocycles. The Hall–Kier alpha value is -3.78. The summed E-state index contributed by atoms with van der Waals surface area (Å²) in [4.78, 5) is 57.2. The molecule has 6 rings (SSSR count). The Balaban J connectivity index is 1.45. The number of fused-ring (bicyclic) bond motifs is 3. The highest BCUT2D eigenvalue weighted by molar-refractivity contribution is 6.15. The van der Waals surface area contributed by atoms with Gasteiger partial charge >= 0.3 is 5.97 Å². The number of hydrogen-bond donors (Lipinski definition) is 2. The van der Waals surface area contributed by atoms with Crippen molar-refractivity contribution in [3.05, 3.63) is 72.0 Å². The zero-order valence-electron chi connectivity index (χ0n) is 24.7. The molecule has 8 heteroatoms. The second-order valence-electron chi connectivity index (χ2n) is 12.7. The van der Waals surface area contributed by atoms with Crippen LogP contribution in [0.2, 0.25) is 0 Å². The number of rotatable bonds is 3. The van der Waals surface area contributed by atoms with E-state index in [9.17, 15) is 19.2 Å². The van der Waals surface area contributed by atoms with Gasteiger partial charge in [-0.15, -0.1) is 0 Å². The predicted molar refractivity (Wildman–Crippen MR) is 157 cm³/mol. The van der Waals surface area contributed by atoms with Crippen LogP contribution in [0.15, 0.2) is 66.4 Å². The van der Waals surface area contributed by atoms with Crippen LogP contribution in [0, 0.1) is 29.1 Å². The molecule has 1 aromatic heterocycles. The molecule has 1 amide bonds. The number of benzene rings is 1. The molecule has 1 aromatic carbocycles. The average Bonchev–Trinajstić information content (AvgIpc) is 3.35. The van der Waals surface area contributed by atoms with Crippen LogP contribution in [-0.4, -0.2) is 52.3 Å². The van der Waals surface area contributed by atoms with Crippen molar-refractivity contribution in [1.29, 1.82) is 0 Å². The molecule has 3 heterocycles. The summed E-state index contributed by atoms with van der Waals surface area (Å²) in [5.41, 5.74) is 0.774. The molecule has 2 aliphatic carbocycles. The van der Waals surface area contributed by atoms with Gasteiger partial charge in [-0.3, -0.25) is 19.2 Å². The number of carbonyl (C=O) groups is 4. The Morgan fingerprint density at radius 1 is 1.14 bits per heavy atom. The van der Waals surface area contributed by atoms with Gasteiger partial charge in [0.25, 0.3) is 0 Å². The van der Waals surface area contributed by atoms with E-state index < -0.39 is 40.6 Å². The lowest BCUT2D eigenvalue weighted by Gasteiger charge is -2.45. The fraction of sp³-hybridized carbons (Fsp3) is 0.471. The van der Waals surface area contributed by atoms with E-state index in [4.69, 9.17) is 9.47 Å².